The van der Waals surface area contributed by atoms with E-state index in [1.165, 1.54) is 11.1 Å². The van der Waals surface area contributed by atoms with Crippen LogP contribution < -0.4 is 10.2 Å². The van der Waals surface area contributed by atoms with Crippen molar-refractivity contribution in [1.29, 1.82) is 0 Å². The molecule has 5 nitrogen and oxygen atoms in total. The molecule has 1 N–H and O–H groups in total. The fourth-order valence-corrected chi connectivity index (χ4v) is 3.85. The summed E-state index contributed by atoms with van der Waals surface area (Å²) in [5.74, 6) is 1.75. The van der Waals surface area contributed by atoms with Gasteiger partial charge in [-0.25, -0.2) is 9.97 Å². The number of aryl methyl sites for hydroxylation is 1. The third kappa shape index (κ3) is 4.62. The SMILES string of the molecule is C=C(Nc1ccc(-c2ccccc2)cc1)N(C)C1CCN(c2ncc(C)cn2)CC1. The lowest BCUT2D eigenvalue weighted by Gasteiger charge is -2.38. The summed E-state index contributed by atoms with van der Waals surface area (Å²) in [7, 11) is 2.12. The molecule has 1 saturated heterocycles. The second-order valence-corrected chi connectivity index (χ2v) is 7.90. The summed E-state index contributed by atoms with van der Waals surface area (Å²) in [6.45, 7) is 8.19. The van der Waals surface area contributed by atoms with E-state index in [2.05, 4.69) is 87.2 Å². The number of nitrogens with zero attached hydrogens (tertiary/aromatic N) is 4. The number of rotatable bonds is 6. The van der Waals surface area contributed by atoms with Gasteiger partial charge in [0.1, 0.15) is 0 Å². The molecular formula is C25H29N5. The Balaban J connectivity index is 1.31. The molecule has 1 aromatic heterocycles. The van der Waals surface area contributed by atoms with Crippen molar-refractivity contribution in [3.63, 3.8) is 0 Å². The minimum absolute atomic E-state index is 0.454. The largest absolute Gasteiger partial charge is 0.359 e. The molecule has 2 aromatic carbocycles. The van der Waals surface area contributed by atoms with Gasteiger partial charge in [0, 0.05) is 44.3 Å². The maximum atomic E-state index is 4.46. The first-order valence-electron chi connectivity index (χ1n) is 10.5. The summed E-state index contributed by atoms with van der Waals surface area (Å²) in [5.41, 5.74) is 4.58. The van der Waals surface area contributed by atoms with Crippen LogP contribution in [0.4, 0.5) is 11.6 Å². The van der Waals surface area contributed by atoms with E-state index >= 15 is 0 Å². The van der Waals surface area contributed by atoms with Gasteiger partial charge in [0.2, 0.25) is 5.95 Å². The first-order valence-corrected chi connectivity index (χ1v) is 10.5. The molecule has 0 bridgehead atoms. The number of piperidine rings is 1. The van der Waals surface area contributed by atoms with Crippen molar-refractivity contribution in [2.75, 3.05) is 30.4 Å². The van der Waals surface area contributed by atoms with Crippen LogP contribution in [0.5, 0.6) is 0 Å². The highest BCUT2D eigenvalue weighted by Crippen LogP contribution is 2.24. The maximum absolute atomic E-state index is 4.46. The van der Waals surface area contributed by atoms with Gasteiger partial charge < -0.3 is 15.1 Å². The molecule has 0 aliphatic carbocycles. The summed E-state index contributed by atoms with van der Waals surface area (Å²) in [5, 5.41) is 3.46. The number of benzene rings is 2. The van der Waals surface area contributed by atoms with E-state index in [1.54, 1.807) is 0 Å². The first-order chi connectivity index (χ1) is 14.6. The van der Waals surface area contributed by atoms with Gasteiger partial charge in [0.25, 0.3) is 0 Å². The molecule has 1 fully saturated rings. The maximum Gasteiger partial charge on any atom is 0.225 e. The van der Waals surface area contributed by atoms with Crippen molar-refractivity contribution < 1.29 is 0 Å². The molecule has 0 radical (unpaired) electrons. The van der Waals surface area contributed by atoms with E-state index in [1.807, 2.05) is 25.4 Å². The van der Waals surface area contributed by atoms with Gasteiger partial charge in [-0.2, -0.15) is 0 Å². The van der Waals surface area contributed by atoms with Crippen LogP contribution in [0.1, 0.15) is 18.4 Å². The van der Waals surface area contributed by atoms with Crippen molar-refractivity contribution in [3.8, 4) is 11.1 Å². The van der Waals surface area contributed by atoms with Gasteiger partial charge in [-0.15, -0.1) is 0 Å². The van der Waals surface area contributed by atoms with Crippen LogP contribution in [0.2, 0.25) is 0 Å². The van der Waals surface area contributed by atoms with Crippen molar-refractivity contribution in [2.24, 2.45) is 0 Å². The molecule has 5 heteroatoms. The highest BCUT2D eigenvalue weighted by Gasteiger charge is 2.24. The Labute approximate surface area is 179 Å². The molecule has 30 heavy (non-hydrogen) atoms. The van der Waals surface area contributed by atoms with Gasteiger partial charge in [0.15, 0.2) is 0 Å². The lowest BCUT2D eigenvalue weighted by molar-refractivity contribution is 0.260. The van der Waals surface area contributed by atoms with E-state index in [-0.39, 0.29) is 0 Å². The fraction of sp³-hybridized carbons (Fsp3) is 0.280. The molecule has 0 amide bonds. The van der Waals surface area contributed by atoms with E-state index in [4.69, 9.17) is 0 Å². The fourth-order valence-electron chi connectivity index (χ4n) is 3.85. The Bertz CT molecular complexity index is 959. The van der Waals surface area contributed by atoms with Gasteiger partial charge in [-0.3, -0.25) is 0 Å². The molecule has 1 aliphatic heterocycles. The highest BCUT2D eigenvalue weighted by atomic mass is 15.3. The van der Waals surface area contributed by atoms with Gasteiger partial charge in [-0.05, 0) is 48.6 Å². The third-order valence-electron chi connectivity index (χ3n) is 5.77. The number of aromatic nitrogens is 2. The number of hydrogen-bond donors (Lipinski definition) is 1. The molecule has 2 heterocycles. The standard InChI is InChI=1S/C25H29N5/c1-19-17-26-25(27-18-19)30-15-13-24(14-16-30)29(3)20(2)28-23-11-9-22(10-12-23)21-7-5-4-6-8-21/h4-12,17-18,24,28H,2,13-16H2,1,3H3. The van der Waals surface area contributed by atoms with Crippen LogP contribution in [-0.4, -0.2) is 41.0 Å². The van der Waals surface area contributed by atoms with E-state index in [9.17, 15) is 0 Å². The second-order valence-electron chi connectivity index (χ2n) is 7.90. The Hall–Kier alpha value is -3.34. The highest BCUT2D eigenvalue weighted by molar-refractivity contribution is 5.66. The number of nitrogens with one attached hydrogen (secondary N) is 1. The molecule has 4 rings (SSSR count). The zero-order valence-corrected chi connectivity index (χ0v) is 17.8. The number of hydrogen-bond acceptors (Lipinski definition) is 5. The molecule has 154 valence electrons. The summed E-state index contributed by atoms with van der Waals surface area (Å²) < 4.78 is 0. The smallest absolute Gasteiger partial charge is 0.225 e. The predicted molar refractivity (Wildman–Crippen MR) is 124 cm³/mol. The molecule has 0 atom stereocenters. The third-order valence-corrected chi connectivity index (χ3v) is 5.77. The van der Waals surface area contributed by atoms with Crippen LogP contribution in [0, 0.1) is 6.92 Å². The minimum Gasteiger partial charge on any atom is -0.359 e. The second kappa shape index (κ2) is 8.99. The molecule has 0 spiro atoms. The van der Waals surface area contributed by atoms with Crippen molar-refractivity contribution in [3.05, 3.63) is 85.0 Å². The van der Waals surface area contributed by atoms with E-state index < -0.39 is 0 Å². The quantitative estimate of drug-likeness (QED) is 0.636. The number of anilines is 2. The first kappa shape index (κ1) is 20.0. The molecule has 0 unspecified atom stereocenters. The topological polar surface area (TPSA) is 44.3 Å². The minimum atomic E-state index is 0.454. The van der Waals surface area contributed by atoms with Crippen LogP contribution in [0.3, 0.4) is 0 Å². The van der Waals surface area contributed by atoms with Crippen molar-refractivity contribution in [2.45, 2.75) is 25.8 Å². The molecule has 1 aliphatic rings. The Morgan fingerprint density at radius 3 is 2.20 bits per heavy atom. The predicted octanol–water partition coefficient (Wildman–Crippen LogP) is 4.94. The van der Waals surface area contributed by atoms with Crippen LogP contribution >= 0.6 is 0 Å². The Kier molecular flexibility index (Phi) is 5.98. The van der Waals surface area contributed by atoms with Crippen LogP contribution in [-0.2, 0) is 0 Å². The van der Waals surface area contributed by atoms with Gasteiger partial charge in [-0.1, -0.05) is 49.0 Å². The zero-order valence-electron chi connectivity index (χ0n) is 17.8. The Morgan fingerprint density at radius 2 is 1.57 bits per heavy atom. The molecular weight excluding hydrogens is 370 g/mol. The lowest BCUT2D eigenvalue weighted by atomic mass is 10.0. The van der Waals surface area contributed by atoms with E-state index in [0.717, 1.165) is 49.0 Å². The van der Waals surface area contributed by atoms with Gasteiger partial charge >= 0.3 is 0 Å². The van der Waals surface area contributed by atoms with Crippen LogP contribution in [0.25, 0.3) is 11.1 Å². The van der Waals surface area contributed by atoms with E-state index in [0.29, 0.717) is 6.04 Å². The van der Waals surface area contributed by atoms with Gasteiger partial charge in [0.05, 0.1) is 5.82 Å². The molecule has 3 aromatic rings. The summed E-state index contributed by atoms with van der Waals surface area (Å²) >= 11 is 0. The van der Waals surface area contributed by atoms with Crippen LogP contribution in [0.15, 0.2) is 79.4 Å². The summed E-state index contributed by atoms with van der Waals surface area (Å²) in [4.78, 5) is 13.5. The summed E-state index contributed by atoms with van der Waals surface area (Å²) in [6.07, 6.45) is 5.88. The normalized spacial score (nSPS) is 14.4. The average Bonchev–Trinajstić information content (AvgIpc) is 2.80. The average molecular weight is 400 g/mol. The molecule has 0 saturated carbocycles. The lowest BCUT2D eigenvalue weighted by Crippen LogP contribution is -2.44. The van der Waals surface area contributed by atoms with Crippen molar-refractivity contribution >= 4 is 11.6 Å². The van der Waals surface area contributed by atoms with Crippen molar-refractivity contribution in [1.82, 2.24) is 14.9 Å². The zero-order chi connectivity index (χ0) is 20.9. The monoisotopic (exact) mass is 399 g/mol. The summed E-state index contributed by atoms with van der Waals surface area (Å²) in [6, 6.07) is 19.4. The Morgan fingerprint density at radius 1 is 0.967 bits per heavy atom.